The van der Waals surface area contributed by atoms with Crippen LogP contribution in [0.3, 0.4) is 0 Å². The van der Waals surface area contributed by atoms with E-state index < -0.39 is 36.9 Å². The molecular weight excluding hydrogens is 439 g/mol. The Morgan fingerprint density at radius 1 is 1.17 bits per heavy atom. The maximum absolute atomic E-state index is 13.2. The Kier molecular flexibility index (Phi) is 5.33. The molecule has 0 radical (unpaired) electrons. The first-order valence-corrected chi connectivity index (χ1v) is 9.68. The molecule has 0 aromatic carbocycles. The molecule has 0 saturated carbocycles. The third-order valence-corrected chi connectivity index (χ3v) is 5.07. The standard InChI is InChI=1S/C19H15Cl2F2N5O2/c20-11-1-2-13(24-6-11)5-15(18(30)28-8-19(22,23)9-28)27-17(29)14-4-10-3-12(21)7-25-16(10)26-14/h1-4,6-7,15H,5,8-9H2,(H,25,26)(H,27,29). The van der Waals surface area contributed by atoms with Gasteiger partial charge in [-0.05, 0) is 24.3 Å². The number of amides is 2. The van der Waals surface area contributed by atoms with Crippen molar-refractivity contribution in [2.24, 2.45) is 0 Å². The van der Waals surface area contributed by atoms with E-state index in [9.17, 15) is 18.4 Å². The van der Waals surface area contributed by atoms with Crippen molar-refractivity contribution in [1.82, 2.24) is 25.2 Å². The van der Waals surface area contributed by atoms with Gasteiger partial charge in [0.2, 0.25) is 5.91 Å². The molecule has 4 rings (SSSR count). The van der Waals surface area contributed by atoms with E-state index in [-0.39, 0.29) is 12.1 Å². The lowest BCUT2D eigenvalue weighted by Crippen LogP contribution is -2.63. The maximum atomic E-state index is 13.2. The number of hydrogen-bond donors (Lipinski definition) is 2. The van der Waals surface area contributed by atoms with Gasteiger partial charge < -0.3 is 15.2 Å². The van der Waals surface area contributed by atoms with Crippen LogP contribution >= 0.6 is 23.2 Å². The van der Waals surface area contributed by atoms with Crippen molar-refractivity contribution in [3.05, 3.63) is 58.1 Å². The normalized spacial score (nSPS) is 16.2. The van der Waals surface area contributed by atoms with E-state index in [0.29, 0.717) is 26.8 Å². The minimum absolute atomic E-state index is 0.0219. The number of pyridine rings is 2. The van der Waals surface area contributed by atoms with Crippen LogP contribution in [0.1, 0.15) is 16.2 Å². The average molecular weight is 454 g/mol. The first-order chi connectivity index (χ1) is 14.2. The number of H-pyrrole nitrogens is 1. The van der Waals surface area contributed by atoms with Crippen molar-refractivity contribution in [1.29, 1.82) is 0 Å². The summed E-state index contributed by atoms with van der Waals surface area (Å²) in [7, 11) is 0. The molecule has 2 amide bonds. The molecule has 1 fully saturated rings. The third kappa shape index (κ3) is 4.36. The molecule has 1 aliphatic rings. The number of carbonyl (C=O) groups is 2. The minimum Gasteiger partial charge on any atom is -0.339 e. The van der Waals surface area contributed by atoms with Gasteiger partial charge in [0.15, 0.2) is 0 Å². The highest BCUT2D eigenvalue weighted by atomic mass is 35.5. The van der Waals surface area contributed by atoms with Gasteiger partial charge in [-0.2, -0.15) is 0 Å². The Hall–Kier alpha value is -2.78. The number of nitrogens with one attached hydrogen (secondary N) is 2. The number of aromatic nitrogens is 3. The van der Waals surface area contributed by atoms with Crippen molar-refractivity contribution in [3.63, 3.8) is 0 Å². The first kappa shape index (κ1) is 20.5. The summed E-state index contributed by atoms with van der Waals surface area (Å²) in [6, 6.07) is 5.31. The first-order valence-electron chi connectivity index (χ1n) is 8.92. The lowest BCUT2D eigenvalue weighted by Gasteiger charge is -2.40. The summed E-state index contributed by atoms with van der Waals surface area (Å²) in [4.78, 5) is 37.6. The zero-order valence-electron chi connectivity index (χ0n) is 15.3. The predicted molar refractivity (Wildman–Crippen MR) is 107 cm³/mol. The molecule has 30 heavy (non-hydrogen) atoms. The molecule has 1 saturated heterocycles. The van der Waals surface area contributed by atoms with Gasteiger partial charge in [0.25, 0.3) is 11.8 Å². The van der Waals surface area contributed by atoms with Gasteiger partial charge >= 0.3 is 0 Å². The Labute approximate surface area is 179 Å². The van der Waals surface area contributed by atoms with Crippen LogP contribution in [0.4, 0.5) is 8.78 Å². The van der Waals surface area contributed by atoms with Gasteiger partial charge in [-0.1, -0.05) is 23.2 Å². The number of hydrogen-bond acceptors (Lipinski definition) is 4. The molecule has 156 valence electrons. The molecule has 0 bridgehead atoms. The quantitative estimate of drug-likeness (QED) is 0.620. The summed E-state index contributed by atoms with van der Waals surface area (Å²) >= 11 is 11.7. The molecule has 0 spiro atoms. The van der Waals surface area contributed by atoms with E-state index >= 15 is 0 Å². The predicted octanol–water partition coefficient (Wildman–Crippen LogP) is 3.08. The van der Waals surface area contributed by atoms with Crippen LogP contribution in [0.15, 0.2) is 36.7 Å². The number of alkyl halides is 2. The second-order valence-electron chi connectivity index (χ2n) is 7.02. The zero-order valence-corrected chi connectivity index (χ0v) is 16.8. The number of fused-ring (bicyclic) bond motifs is 1. The fourth-order valence-electron chi connectivity index (χ4n) is 3.17. The number of carbonyl (C=O) groups excluding carboxylic acids is 2. The van der Waals surface area contributed by atoms with Gasteiger partial charge in [0, 0.05) is 29.9 Å². The van der Waals surface area contributed by atoms with Gasteiger partial charge in [-0.15, -0.1) is 0 Å². The van der Waals surface area contributed by atoms with E-state index in [1.807, 2.05) is 0 Å². The summed E-state index contributed by atoms with van der Waals surface area (Å²) in [6.07, 6.45) is 2.86. The lowest BCUT2D eigenvalue weighted by molar-refractivity contribution is -0.167. The van der Waals surface area contributed by atoms with Gasteiger partial charge in [-0.25, -0.2) is 13.8 Å². The Bertz CT molecular complexity index is 1110. The van der Waals surface area contributed by atoms with Crippen LogP contribution in [-0.2, 0) is 11.2 Å². The minimum atomic E-state index is -2.91. The summed E-state index contributed by atoms with van der Waals surface area (Å²) in [6.45, 7) is -1.36. The zero-order chi connectivity index (χ0) is 21.5. The molecular formula is C19H15Cl2F2N5O2. The van der Waals surface area contributed by atoms with Crippen molar-refractivity contribution < 1.29 is 18.4 Å². The van der Waals surface area contributed by atoms with Gasteiger partial charge in [-0.3, -0.25) is 14.6 Å². The van der Waals surface area contributed by atoms with Crippen molar-refractivity contribution in [3.8, 4) is 0 Å². The van der Waals surface area contributed by atoms with Crippen LogP contribution in [-0.4, -0.2) is 56.7 Å². The second kappa shape index (κ2) is 7.81. The van der Waals surface area contributed by atoms with Crippen LogP contribution in [0.25, 0.3) is 11.0 Å². The molecule has 0 aliphatic carbocycles. The number of nitrogens with zero attached hydrogens (tertiary/aromatic N) is 3. The summed E-state index contributed by atoms with van der Waals surface area (Å²) < 4.78 is 26.5. The molecule has 1 aliphatic heterocycles. The van der Waals surface area contributed by atoms with Gasteiger partial charge in [0.05, 0.1) is 23.1 Å². The van der Waals surface area contributed by atoms with E-state index in [0.717, 1.165) is 4.90 Å². The fourth-order valence-corrected chi connectivity index (χ4v) is 3.45. The van der Waals surface area contributed by atoms with E-state index in [2.05, 4.69) is 20.3 Å². The number of halogens is 4. The molecule has 4 heterocycles. The molecule has 1 atom stereocenters. The molecule has 2 N–H and O–H groups in total. The SMILES string of the molecule is O=C(NC(Cc1ccc(Cl)cn1)C(=O)N1CC(F)(F)C1)c1cc2cc(Cl)cnc2[nH]1. The Morgan fingerprint density at radius 2 is 1.90 bits per heavy atom. The molecule has 3 aromatic rings. The monoisotopic (exact) mass is 453 g/mol. The average Bonchev–Trinajstić information content (AvgIpc) is 3.10. The molecule has 11 heteroatoms. The second-order valence-corrected chi connectivity index (χ2v) is 7.90. The van der Waals surface area contributed by atoms with Crippen LogP contribution in [0.2, 0.25) is 10.0 Å². The molecule has 3 aromatic heterocycles. The fraction of sp³-hybridized carbons (Fsp3) is 0.263. The smallest absolute Gasteiger partial charge is 0.282 e. The van der Waals surface area contributed by atoms with E-state index in [1.165, 1.54) is 12.4 Å². The highest BCUT2D eigenvalue weighted by Gasteiger charge is 2.47. The topological polar surface area (TPSA) is 91.0 Å². The number of rotatable bonds is 5. The largest absolute Gasteiger partial charge is 0.339 e. The summed E-state index contributed by atoms with van der Waals surface area (Å²) in [5.41, 5.74) is 1.10. The van der Waals surface area contributed by atoms with Crippen LogP contribution in [0.5, 0.6) is 0 Å². The number of aromatic amines is 1. The molecule has 7 nitrogen and oxygen atoms in total. The van der Waals surface area contributed by atoms with Crippen molar-refractivity contribution in [2.75, 3.05) is 13.1 Å². The molecule has 1 unspecified atom stereocenters. The summed E-state index contributed by atoms with van der Waals surface area (Å²) in [5.74, 6) is -4.10. The Balaban J connectivity index is 1.55. The Morgan fingerprint density at radius 3 is 2.57 bits per heavy atom. The van der Waals surface area contributed by atoms with E-state index in [1.54, 1.807) is 24.3 Å². The summed E-state index contributed by atoms with van der Waals surface area (Å²) in [5, 5.41) is 4.06. The third-order valence-electron chi connectivity index (χ3n) is 4.64. The lowest BCUT2D eigenvalue weighted by atomic mass is 10.0. The highest BCUT2D eigenvalue weighted by Crippen LogP contribution is 2.27. The van der Waals surface area contributed by atoms with Crippen LogP contribution in [0, 0.1) is 0 Å². The van der Waals surface area contributed by atoms with E-state index in [4.69, 9.17) is 23.2 Å². The van der Waals surface area contributed by atoms with Crippen LogP contribution < -0.4 is 5.32 Å². The number of likely N-dealkylation sites (tertiary alicyclic amines) is 1. The van der Waals surface area contributed by atoms with Gasteiger partial charge in [0.1, 0.15) is 17.4 Å². The maximum Gasteiger partial charge on any atom is 0.282 e. The van der Waals surface area contributed by atoms with Crippen molar-refractivity contribution >= 4 is 46.0 Å². The van der Waals surface area contributed by atoms with Crippen molar-refractivity contribution in [2.45, 2.75) is 18.4 Å². The highest BCUT2D eigenvalue weighted by molar-refractivity contribution is 6.31.